The molecule has 278 valence electrons. The second kappa shape index (κ2) is 14.4. The van der Waals surface area contributed by atoms with Gasteiger partial charge in [0.1, 0.15) is 5.52 Å². The van der Waals surface area contributed by atoms with Crippen LogP contribution >= 0.6 is 0 Å². The lowest BCUT2D eigenvalue weighted by Gasteiger charge is -2.35. The van der Waals surface area contributed by atoms with Gasteiger partial charge in [0.15, 0.2) is 13.7 Å². The van der Waals surface area contributed by atoms with Crippen molar-refractivity contribution in [2.24, 2.45) is 0 Å². The van der Waals surface area contributed by atoms with Gasteiger partial charge < -0.3 is 9.32 Å². The maximum Gasteiger partial charge on any atom is 0.227 e. The molecule has 4 heteroatoms. The van der Waals surface area contributed by atoms with Crippen LogP contribution in [0.25, 0.3) is 54.9 Å². The topological polar surface area (TPSA) is 29.3 Å². The zero-order chi connectivity index (χ0) is 39.2. The molecule has 0 aliphatic carbocycles. The first kappa shape index (κ1) is 34.7. The summed E-state index contributed by atoms with van der Waals surface area (Å²) in [5, 5.41) is 12.1. The van der Waals surface area contributed by atoms with E-state index in [1.165, 1.54) is 20.7 Å². The molecular weight excluding hydrogens is 733 g/mol. The van der Waals surface area contributed by atoms with E-state index in [-0.39, 0.29) is 0 Å². The van der Waals surface area contributed by atoms with Crippen molar-refractivity contribution >= 4 is 89.3 Å². The Kier molecular flexibility index (Phi) is 8.49. The van der Waals surface area contributed by atoms with Crippen molar-refractivity contribution in [2.45, 2.75) is 0 Å². The average molecular weight is 771 g/mol. The minimum absolute atomic E-state index is 0.622. The van der Waals surface area contributed by atoms with Crippen LogP contribution in [0.15, 0.2) is 235 Å². The number of nitrogens with zero attached hydrogens (tertiary/aromatic N) is 2. The smallest absolute Gasteiger partial charge is 0.227 e. The van der Waals surface area contributed by atoms with Crippen molar-refractivity contribution in [1.29, 1.82) is 0 Å². The van der Waals surface area contributed by atoms with Crippen LogP contribution in [0.3, 0.4) is 0 Å². The zero-order valence-electron chi connectivity index (χ0n) is 32.2. The van der Waals surface area contributed by atoms with Crippen molar-refractivity contribution in [3.8, 4) is 11.5 Å². The van der Waals surface area contributed by atoms with Crippen LogP contribution in [0.2, 0.25) is 0 Å². The lowest BCUT2D eigenvalue weighted by Crippen LogP contribution is -2.74. The molecule has 11 rings (SSSR count). The fraction of sp³-hybridized carbons (Fsp3) is 0. The monoisotopic (exact) mass is 770 g/mol. The van der Waals surface area contributed by atoms with Gasteiger partial charge in [0.05, 0.1) is 0 Å². The summed E-state index contributed by atoms with van der Waals surface area (Å²) in [7, 11) is -2.79. The minimum Gasteiger partial charge on any atom is -0.435 e. The van der Waals surface area contributed by atoms with E-state index in [4.69, 9.17) is 9.40 Å². The Hall–Kier alpha value is -7.53. The average Bonchev–Trinajstić information content (AvgIpc) is 3.77. The van der Waals surface area contributed by atoms with Gasteiger partial charge in [-0.2, -0.15) is 0 Å². The Labute approximate surface area is 344 Å². The van der Waals surface area contributed by atoms with Crippen molar-refractivity contribution in [2.75, 3.05) is 4.90 Å². The number of oxazole rings is 1. The van der Waals surface area contributed by atoms with Gasteiger partial charge >= 0.3 is 0 Å². The fourth-order valence-corrected chi connectivity index (χ4v) is 14.0. The van der Waals surface area contributed by atoms with Crippen LogP contribution in [0.1, 0.15) is 0 Å². The first-order valence-electron chi connectivity index (χ1n) is 20.1. The summed E-state index contributed by atoms with van der Waals surface area (Å²) in [6.45, 7) is 0. The third-order valence-corrected chi connectivity index (χ3v) is 16.6. The molecule has 3 nitrogen and oxygen atoms in total. The number of para-hydroxylation sites is 1. The van der Waals surface area contributed by atoms with E-state index in [9.17, 15) is 0 Å². The Morgan fingerprint density at radius 1 is 0.373 bits per heavy atom. The quantitative estimate of drug-likeness (QED) is 0.0875. The van der Waals surface area contributed by atoms with E-state index in [0.717, 1.165) is 66.0 Å². The van der Waals surface area contributed by atoms with Gasteiger partial charge in [0.25, 0.3) is 0 Å². The van der Waals surface area contributed by atoms with Gasteiger partial charge in [-0.25, -0.2) is 4.98 Å². The van der Waals surface area contributed by atoms with Gasteiger partial charge in [-0.3, -0.25) is 0 Å². The molecule has 11 aromatic rings. The lowest BCUT2D eigenvalue weighted by molar-refractivity contribution is 0.623. The molecule has 0 aliphatic rings. The Bertz CT molecular complexity index is 3160. The number of aromatic nitrogens is 1. The summed E-state index contributed by atoms with van der Waals surface area (Å²) < 4.78 is 6.68. The second-order valence-corrected chi connectivity index (χ2v) is 18.9. The number of fused-ring (bicyclic) bond motifs is 8. The summed E-state index contributed by atoms with van der Waals surface area (Å²) in [4.78, 5) is 7.65. The van der Waals surface area contributed by atoms with Crippen LogP contribution in [-0.2, 0) is 0 Å². The highest BCUT2D eigenvalue weighted by molar-refractivity contribution is 7.19. The van der Waals surface area contributed by atoms with Crippen LogP contribution in [0.5, 0.6) is 0 Å². The molecular formula is C55H38N2OSi. The minimum atomic E-state index is -2.79. The number of hydrogen-bond acceptors (Lipinski definition) is 3. The summed E-state index contributed by atoms with van der Waals surface area (Å²) in [6.07, 6.45) is 0. The van der Waals surface area contributed by atoms with E-state index in [1.807, 2.05) is 18.2 Å². The molecule has 0 saturated carbocycles. The number of anilines is 3. The Morgan fingerprint density at radius 2 is 0.881 bits per heavy atom. The third-order valence-electron chi connectivity index (χ3n) is 11.8. The molecule has 0 atom stereocenters. The summed E-state index contributed by atoms with van der Waals surface area (Å²) >= 11 is 0. The summed E-state index contributed by atoms with van der Waals surface area (Å²) in [5.41, 5.74) is 5.88. The van der Waals surface area contributed by atoms with Gasteiger partial charge in [0, 0.05) is 33.4 Å². The van der Waals surface area contributed by atoms with Crippen molar-refractivity contribution in [1.82, 2.24) is 4.98 Å². The number of rotatable bonds is 8. The largest absolute Gasteiger partial charge is 0.435 e. The Morgan fingerprint density at radius 3 is 1.53 bits per heavy atom. The van der Waals surface area contributed by atoms with Gasteiger partial charge in [-0.05, 0) is 90.8 Å². The predicted octanol–water partition coefficient (Wildman–Crippen LogP) is 11.8. The highest BCUT2D eigenvalue weighted by Gasteiger charge is 2.41. The Balaban J connectivity index is 1.17. The molecule has 0 aliphatic heterocycles. The first-order chi connectivity index (χ1) is 29.3. The van der Waals surface area contributed by atoms with Gasteiger partial charge in [-0.15, -0.1) is 0 Å². The van der Waals surface area contributed by atoms with E-state index in [2.05, 4.69) is 217 Å². The number of hydrogen-bond donors (Lipinski definition) is 0. The maximum atomic E-state index is 6.68. The molecule has 0 radical (unpaired) electrons. The van der Waals surface area contributed by atoms with Crippen molar-refractivity contribution < 1.29 is 4.42 Å². The SMILES string of the molecule is c1ccc(-c2nc3c(o2)c2ccccc2c2ccc4ccc(N(c5ccccc5)c5cccc([Si](c6ccccc6)(c6ccccc6)c6ccccc6)c5)cc4c23)cc1. The zero-order valence-corrected chi connectivity index (χ0v) is 33.2. The maximum absolute atomic E-state index is 6.68. The van der Waals surface area contributed by atoms with E-state index < -0.39 is 8.07 Å². The molecule has 0 unspecified atom stereocenters. The summed E-state index contributed by atoms with van der Waals surface area (Å²) in [5.74, 6) is 0.622. The molecule has 0 fully saturated rings. The van der Waals surface area contributed by atoms with Gasteiger partial charge in [0.2, 0.25) is 5.89 Å². The molecule has 0 saturated heterocycles. The standard InChI is InChI=1S/C55H38N2OSi/c1-6-19-40(20-7-1)55-56-53-52-49(48-31-16-17-32-50(48)54(53)58-55)36-34-39-33-35-43(38-51(39)52)57(41-21-8-2-9-22-41)42-23-18-30-47(37-42)59(44-24-10-3-11-25-44,45-26-12-4-13-27-45)46-28-14-5-15-29-46/h1-38H. The van der Waals surface area contributed by atoms with E-state index >= 15 is 0 Å². The molecule has 0 N–H and O–H groups in total. The predicted molar refractivity (Wildman–Crippen MR) is 250 cm³/mol. The van der Waals surface area contributed by atoms with Crippen molar-refractivity contribution in [3.63, 3.8) is 0 Å². The number of benzene rings is 10. The van der Waals surface area contributed by atoms with E-state index in [1.54, 1.807) is 0 Å². The fourth-order valence-electron chi connectivity index (χ4n) is 9.19. The van der Waals surface area contributed by atoms with Crippen LogP contribution in [0, 0.1) is 0 Å². The normalized spacial score (nSPS) is 11.7. The molecule has 0 bridgehead atoms. The van der Waals surface area contributed by atoms with Crippen LogP contribution < -0.4 is 25.6 Å². The molecule has 1 heterocycles. The third kappa shape index (κ3) is 5.76. The highest BCUT2D eigenvalue weighted by atomic mass is 28.3. The summed E-state index contributed by atoms with van der Waals surface area (Å²) in [6, 6.07) is 83.4. The molecule has 1 aromatic heterocycles. The molecule has 0 spiro atoms. The van der Waals surface area contributed by atoms with Crippen LogP contribution in [-0.4, -0.2) is 13.1 Å². The molecule has 10 aromatic carbocycles. The lowest BCUT2D eigenvalue weighted by atomic mass is 9.95. The van der Waals surface area contributed by atoms with Crippen molar-refractivity contribution in [3.05, 3.63) is 231 Å². The molecule has 59 heavy (non-hydrogen) atoms. The van der Waals surface area contributed by atoms with E-state index in [0.29, 0.717) is 5.89 Å². The second-order valence-electron chi connectivity index (χ2n) is 15.1. The highest BCUT2D eigenvalue weighted by Crippen LogP contribution is 2.43. The first-order valence-corrected chi connectivity index (χ1v) is 22.1. The van der Waals surface area contributed by atoms with Gasteiger partial charge in [-0.1, -0.05) is 182 Å². The molecule has 0 amide bonds. The van der Waals surface area contributed by atoms with Crippen LogP contribution in [0.4, 0.5) is 17.1 Å².